The van der Waals surface area contributed by atoms with E-state index >= 15 is 0 Å². The lowest BCUT2D eigenvalue weighted by Crippen LogP contribution is -2.36. The van der Waals surface area contributed by atoms with Gasteiger partial charge in [0, 0.05) is 34.2 Å². The van der Waals surface area contributed by atoms with E-state index in [-0.39, 0.29) is 24.1 Å². The Kier molecular flexibility index (Phi) is 6.51. The molecule has 1 aliphatic carbocycles. The van der Waals surface area contributed by atoms with E-state index in [0.717, 1.165) is 21.7 Å². The molecule has 0 amide bonds. The Morgan fingerprint density at radius 2 is 1.75 bits per heavy atom. The average Bonchev–Trinajstić information content (AvgIpc) is 2.78. The summed E-state index contributed by atoms with van der Waals surface area (Å²) in [6.45, 7) is 3.89. The van der Waals surface area contributed by atoms with Crippen LogP contribution in [-0.4, -0.2) is 24.6 Å². The fourth-order valence-electron chi connectivity index (χ4n) is 4.62. The van der Waals surface area contributed by atoms with E-state index in [1.807, 2.05) is 37.4 Å². The Balaban J connectivity index is 1.78. The third kappa shape index (κ3) is 4.24. The minimum Gasteiger partial charge on any atom is -0.463 e. The molecule has 0 spiro atoms. The van der Waals surface area contributed by atoms with Crippen molar-refractivity contribution < 1.29 is 18.7 Å². The summed E-state index contributed by atoms with van der Waals surface area (Å²) in [4.78, 5) is 27.5. The SMILES string of the molecule is CCOC(=O)C1=C(C)NC2=C(C(=O)C[C@@H](c3ccc(F)cc3)C2)[C@H]1c1ccc(SC)cc1. The maximum atomic E-state index is 13.5. The number of carbonyl (C=O) groups is 2. The quantitative estimate of drug-likeness (QED) is 0.482. The van der Waals surface area contributed by atoms with Crippen LogP contribution in [0.4, 0.5) is 4.39 Å². The molecule has 2 aliphatic rings. The largest absolute Gasteiger partial charge is 0.463 e. The Morgan fingerprint density at radius 3 is 2.38 bits per heavy atom. The van der Waals surface area contributed by atoms with E-state index in [0.29, 0.717) is 29.7 Å². The van der Waals surface area contributed by atoms with E-state index in [4.69, 9.17) is 4.74 Å². The number of benzene rings is 2. The van der Waals surface area contributed by atoms with Crippen LogP contribution in [0.25, 0.3) is 0 Å². The molecule has 1 N–H and O–H groups in total. The number of carbonyl (C=O) groups excluding carboxylic acids is 2. The molecule has 166 valence electrons. The predicted molar refractivity (Wildman–Crippen MR) is 124 cm³/mol. The number of allylic oxidation sites excluding steroid dienone is 3. The molecule has 1 heterocycles. The third-order valence-electron chi connectivity index (χ3n) is 6.11. The number of hydrogen-bond donors (Lipinski definition) is 1. The zero-order chi connectivity index (χ0) is 22.8. The van der Waals surface area contributed by atoms with Crippen molar-refractivity contribution in [3.05, 3.63) is 88.0 Å². The van der Waals surface area contributed by atoms with Gasteiger partial charge in [-0.3, -0.25) is 4.79 Å². The van der Waals surface area contributed by atoms with Gasteiger partial charge in [0.05, 0.1) is 12.2 Å². The zero-order valence-corrected chi connectivity index (χ0v) is 19.2. The van der Waals surface area contributed by atoms with Crippen molar-refractivity contribution in [1.29, 1.82) is 0 Å². The van der Waals surface area contributed by atoms with Gasteiger partial charge in [-0.2, -0.15) is 0 Å². The van der Waals surface area contributed by atoms with Crippen molar-refractivity contribution in [2.45, 2.75) is 43.4 Å². The van der Waals surface area contributed by atoms with Gasteiger partial charge in [-0.25, -0.2) is 9.18 Å². The van der Waals surface area contributed by atoms with Gasteiger partial charge in [0.2, 0.25) is 0 Å². The van der Waals surface area contributed by atoms with Crippen LogP contribution < -0.4 is 5.32 Å². The molecule has 6 heteroatoms. The van der Waals surface area contributed by atoms with Crippen molar-refractivity contribution in [3.8, 4) is 0 Å². The van der Waals surface area contributed by atoms with E-state index in [1.165, 1.54) is 12.1 Å². The van der Waals surface area contributed by atoms with Crippen molar-refractivity contribution in [1.82, 2.24) is 5.32 Å². The molecule has 0 aromatic heterocycles. The Hall–Kier alpha value is -2.86. The first-order valence-corrected chi connectivity index (χ1v) is 12.0. The number of ether oxygens (including phenoxy) is 1. The summed E-state index contributed by atoms with van der Waals surface area (Å²) in [5, 5.41) is 3.33. The summed E-state index contributed by atoms with van der Waals surface area (Å²) in [5.41, 5.74) is 4.48. The fourth-order valence-corrected chi connectivity index (χ4v) is 5.03. The van der Waals surface area contributed by atoms with Gasteiger partial charge >= 0.3 is 5.97 Å². The number of dihydropyridines is 1. The minimum absolute atomic E-state index is 0.00122. The highest BCUT2D eigenvalue weighted by Crippen LogP contribution is 2.45. The second kappa shape index (κ2) is 9.33. The van der Waals surface area contributed by atoms with Crippen LogP contribution in [0.15, 0.2) is 76.0 Å². The number of Topliss-reactive ketones (excluding diaryl/α,β-unsaturated/α-hetero) is 1. The topological polar surface area (TPSA) is 55.4 Å². The normalized spacial score (nSPS) is 20.7. The Bertz CT molecular complexity index is 1100. The van der Waals surface area contributed by atoms with Crippen molar-refractivity contribution in [3.63, 3.8) is 0 Å². The van der Waals surface area contributed by atoms with E-state index in [1.54, 1.807) is 30.8 Å². The van der Waals surface area contributed by atoms with Gasteiger partial charge in [0.1, 0.15) is 5.82 Å². The first-order valence-electron chi connectivity index (χ1n) is 10.7. The number of nitrogens with one attached hydrogen (secondary N) is 1. The van der Waals surface area contributed by atoms with Crippen LogP contribution in [0.5, 0.6) is 0 Å². The van der Waals surface area contributed by atoms with Crippen LogP contribution in [0.2, 0.25) is 0 Å². The maximum absolute atomic E-state index is 13.5. The lowest BCUT2D eigenvalue weighted by Gasteiger charge is -2.36. The summed E-state index contributed by atoms with van der Waals surface area (Å²) in [5.74, 6) is -1.20. The van der Waals surface area contributed by atoms with Gasteiger partial charge in [-0.1, -0.05) is 24.3 Å². The fraction of sp³-hybridized carbons (Fsp3) is 0.308. The number of halogens is 1. The molecule has 4 nitrogen and oxygen atoms in total. The first-order chi connectivity index (χ1) is 15.4. The molecule has 1 aliphatic heterocycles. The second-order valence-electron chi connectivity index (χ2n) is 8.06. The monoisotopic (exact) mass is 451 g/mol. The van der Waals surface area contributed by atoms with E-state index in [2.05, 4.69) is 5.32 Å². The predicted octanol–water partition coefficient (Wildman–Crippen LogP) is 5.47. The highest BCUT2D eigenvalue weighted by atomic mass is 32.2. The van der Waals surface area contributed by atoms with Crippen LogP contribution in [-0.2, 0) is 14.3 Å². The molecule has 0 fully saturated rings. The van der Waals surface area contributed by atoms with Gasteiger partial charge in [-0.15, -0.1) is 11.8 Å². The molecule has 32 heavy (non-hydrogen) atoms. The highest BCUT2D eigenvalue weighted by molar-refractivity contribution is 7.98. The van der Waals surface area contributed by atoms with E-state index < -0.39 is 11.9 Å². The first kappa shape index (κ1) is 22.3. The highest BCUT2D eigenvalue weighted by Gasteiger charge is 2.41. The second-order valence-corrected chi connectivity index (χ2v) is 8.94. The molecule has 0 saturated carbocycles. The van der Waals surface area contributed by atoms with Crippen LogP contribution in [0, 0.1) is 5.82 Å². The smallest absolute Gasteiger partial charge is 0.336 e. The molecule has 4 rings (SSSR count). The molecule has 0 radical (unpaired) electrons. The molecule has 0 unspecified atom stereocenters. The number of ketones is 1. The number of thioether (sulfide) groups is 1. The van der Waals surface area contributed by atoms with Crippen molar-refractivity contribution in [2.75, 3.05) is 12.9 Å². The lowest BCUT2D eigenvalue weighted by molar-refractivity contribution is -0.138. The summed E-state index contributed by atoms with van der Waals surface area (Å²) < 4.78 is 18.7. The number of rotatable bonds is 5. The minimum atomic E-state index is -0.470. The van der Waals surface area contributed by atoms with Gasteiger partial charge in [0.15, 0.2) is 5.78 Å². The molecule has 2 aromatic rings. The Labute approximate surface area is 191 Å². The van der Waals surface area contributed by atoms with Crippen molar-refractivity contribution in [2.24, 2.45) is 0 Å². The van der Waals surface area contributed by atoms with Crippen LogP contribution >= 0.6 is 11.8 Å². The molecule has 2 aromatic carbocycles. The number of hydrogen-bond acceptors (Lipinski definition) is 5. The van der Waals surface area contributed by atoms with E-state index in [9.17, 15) is 14.0 Å². The Morgan fingerprint density at radius 1 is 1.09 bits per heavy atom. The maximum Gasteiger partial charge on any atom is 0.336 e. The molecule has 0 saturated heterocycles. The summed E-state index contributed by atoms with van der Waals surface area (Å²) in [7, 11) is 0. The summed E-state index contributed by atoms with van der Waals surface area (Å²) >= 11 is 1.64. The molecular weight excluding hydrogens is 425 g/mol. The standard InChI is InChI=1S/C26H26FNO3S/c1-4-31-26(30)23-15(2)28-21-13-18(16-5-9-19(27)10-6-16)14-22(29)25(21)24(23)17-7-11-20(32-3)12-8-17/h5-12,18,24,28H,4,13-14H2,1-3H3/t18-,24-/m0/s1. The van der Waals surface area contributed by atoms with Gasteiger partial charge < -0.3 is 10.1 Å². The average molecular weight is 452 g/mol. The molecule has 0 bridgehead atoms. The van der Waals surface area contributed by atoms with Crippen LogP contribution in [0.3, 0.4) is 0 Å². The lowest BCUT2D eigenvalue weighted by atomic mass is 9.72. The third-order valence-corrected chi connectivity index (χ3v) is 6.86. The summed E-state index contributed by atoms with van der Waals surface area (Å²) in [6, 6.07) is 14.3. The summed E-state index contributed by atoms with van der Waals surface area (Å²) in [6.07, 6.45) is 2.95. The van der Waals surface area contributed by atoms with Gasteiger partial charge in [-0.05, 0) is 67.8 Å². The number of esters is 1. The van der Waals surface area contributed by atoms with Crippen molar-refractivity contribution >= 4 is 23.5 Å². The van der Waals surface area contributed by atoms with Crippen LogP contribution in [0.1, 0.15) is 49.7 Å². The van der Waals surface area contributed by atoms with Gasteiger partial charge in [0.25, 0.3) is 0 Å². The molecule has 2 atom stereocenters. The zero-order valence-electron chi connectivity index (χ0n) is 18.4. The molecular formula is C26H26FNO3S.